The van der Waals surface area contributed by atoms with Crippen LogP contribution in [0.2, 0.25) is 0 Å². The lowest BCUT2D eigenvalue weighted by atomic mass is 10.1. The molecular weight excluding hydrogens is 456 g/mol. The minimum atomic E-state index is -0.720. The first kappa shape index (κ1) is 23.5. The summed E-state index contributed by atoms with van der Waals surface area (Å²) in [5.41, 5.74) is 2.24. The number of nitrogens with zero attached hydrogens (tertiary/aromatic N) is 1. The van der Waals surface area contributed by atoms with Crippen molar-refractivity contribution in [3.8, 4) is 11.4 Å². The van der Waals surface area contributed by atoms with E-state index in [2.05, 4.69) is 15.9 Å². The maximum atomic E-state index is 13.8. The summed E-state index contributed by atoms with van der Waals surface area (Å²) >= 11 is 3.24. The van der Waals surface area contributed by atoms with E-state index in [1.807, 2.05) is 20.8 Å². The second kappa shape index (κ2) is 10.3. The summed E-state index contributed by atoms with van der Waals surface area (Å²) in [7, 11) is 0. The van der Waals surface area contributed by atoms with Crippen LogP contribution in [0.5, 0.6) is 5.75 Å². The first-order valence-corrected chi connectivity index (χ1v) is 10.2. The number of hydrogen-bond acceptors (Lipinski definition) is 3. The second-order valence-electron chi connectivity index (χ2n) is 6.29. The molecule has 158 valence electrons. The van der Waals surface area contributed by atoms with Crippen LogP contribution < -0.4 is 10.3 Å². The zero-order valence-electron chi connectivity index (χ0n) is 17.1. The van der Waals surface area contributed by atoms with E-state index in [4.69, 9.17) is 4.74 Å². The number of aromatic nitrogens is 1. The van der Waals surface area contributed by atoms with Crippen molar-refractivity contribution in [1.82, 2.24) is 4.57 Å². The zero-order valence-corrected chi connectivity index (χ0v) is 18.7. The van der Waals surface area contributed by atoms with E-state index in [0.29, 0.717) is 23.2 Å². The third-order valence-corrected chi connectivity index (χ3v) is 5.04. The van der Waals surface area contributed by atoms with Crippen LogP contribution in [0.4, 0.5) is 8.78 Å². The van der Waals surface area contributed by atoms with Crippen LogP contribution in [0.3, 0.4) is 0 Å². The molecule has 7 heteroatoms. The molecule has 0 aliphatic carbocycles. The van der Waals surface area contributed by atoms with Gasteiger partial charge in [-0.3, -0.25) is 14.2 Å². The number of benzene rings is 2. The average molecular weight is 478 g/mol. The van der Waals surface area contributed by atoms with Gasteiger partial charge in [0.2, 0.25) is 0 Å². The van der Waals surface area contributed by atoms with Crippen LogP contribution in [0, 0.1) is 25.5 Å². The topological polar surface area (TPSA) is 48.3 Å². The zero-order chi connectivity index (χ0) is 22.4. The largest absolute Gasteiger partial charge is 0.487 e. The lowest BCUT2D eigenvalue weighted by Gasteiger charge is -2.16. The van der Waals surface area contributed by atoms with Gasteiger partial charge < -0.3 is 4.74 Å². The molecule has 0 aliphatic rings. The number of aryl methyl sites for hydroxylation is 2. The monoisotopic (exact) mass is 477 g/mol. The van der Waals surface area contributed by atoms with Gasteiger partial charge in [-0.15, -0.1) is 0 Å². The van der Waals surface area contributed by atoms with Crippen LogP contribution in [-0.4, -0.2) is 10.9 Å². The molecule has 3 aromatic rings. The van der Waals surface area contributed by atoms with Crippen LogP contribution in [0.15, 0.2) is 51.7 Å². The average Bonchev–Trinajstić information content (AvgIpc) is 2.73. The Morgan fingerprint density at radius 1 is 1.07 bits per heavy atom. The summed E-state index contributed by atoms with van der Waals surface area (Å²) < 4.78 is 34.0. The Bertz CT molecular complexity index is 1130. The van der Waals surface area contributed by atoms with Gasteiger partial charge in [0, 0.05) is 29.0 Å². The Morgan fingerprint density at radius 2 is 1.77 bits per heavy atom. The summed E-state index contributed by atoms with van der Waals surface area (Å²) in [6.45, 7) is 7.41. The van der Waals surface area contributed by atoms with Gasteiger partial charge >= 0.3 is 0 Å². The van der Waals surface area contributed by atoms with Crippen LogP contribution in [0.25, 0.3) is 5.69 Å². The molecule has 0 bridgehead atoms. The molecule has 0 fully saturated rings. The van der Waals surface area contributed by atoms with E-state index in [-0.39, 0.29) is 28.0 Å². The number of carbonyl (C=O) groups excluding carboxylic acids is 1. The van der Waals surface area contributed by atoms with Crippen LogP contribution >= 0.6 is 15.9 Å². The highest BCUT2D eigenvalue weighted by molar-refractivity contribution is 9.10. The summed E-state index contributed by atoms with van der Waals surface area (Å²) in [6, 6.07) is 9.93. The first-order chi connectivity index (χ1) is 14.3. The van der Waals surface area contributed by atoms with E-state index < -0.39 is 11.6 Å². The molecule has 0 aliphatic heterocycles. The summed E-state index contributed by atoms with van der Waals surface area (Å²) in [6.07, 6.45) is 0.715. The maximum absolute atomic E-state index is 13.8. The fourth-order valence-corrected chi connectivity index (χ4v) is 3.23. The van der Waals surface area contributed by atoms with Crippen molar-refractivity contribution in [3.63, 3.8) is 0 Å². The highest BCUT2D eigenvalue weighted by atomic mass is 79.9. The molecule has 0 spiro atoms. The Labute approximate surface area is 182 Å². The highest BCUT2D eigenvalue weighted by Crippen LogP contribution is 2.26. The van der Waals surface area contributed by atoms with Gasteiger partial charge in [-0.2, -0.15) is 0 Å². The molecule has 0 saturated heterocycles. The molecule has 3 rings (SSSR count). The van der Waals surface area contributed by atoms with Gasteiger partial charge in [0.25, 0.3) is 5.56 Å². The van der Waals surface area contributed by atoms with Crippen molar-refractivity contribution in [1.29, 1.82) is 0 Å². The lowest BCUT2D eigenvalue weighted by Crippen LogP contribution is -2.23. The molecule has 2 aromatic carbocycles. The third-order valence-electron chi connectivity index (χ3n) is 4.31. The first-order valence-electron chi connectivity index (χ1n) is 9.37. The molecule has 0 unspecified atom stereocenters. The predicted octanol–water partition coefficient (Wildman–Crippen LogP) is 5.91. The van der Waals surface area contributed by atoms with Gasteiger partial charge in [0.05, 0.1) is 5.69 Å². The molecule has 30 heavy (non-hydrogen) atoms. The summed E-state index contributed by atoms with van der Waals surface area (Å²) in [4.78, 5) is 24.0. The van der Waals surface area contributed by atoms with E-state index in [1.54, 1.807) is 31.2 Å². The van der Waals surface area contributed by atoms with Crippen molar-refractivity contribution < 1.29 is 18.3 Å². The molecular formula is C23H22BrF2NO3. The number of hydrogen-bond donors (Lipinski definition) is 0. The number of pyridine rings is 1. The molecule has 0 atom stereocenters. The molecule has 1 aromatic heterocycles. The fourth-order valence-electron chi connectivity index (χ4n) is 2.82. The van der Waals surface area contributed by atoms with Crippen molar-refractivity contribution in [3.05, 3.63) is 91.3 Å². The lowest BCUT2D eigenvalue weighted by molar-refractivity contribution is 0.112. The summed E-state index contributed by atoms with van der Waals surface area (Å²) in [5.74, 6) is -1.15. The number of halogens is 3. The van der Waals surface area contributed by atoms with Gasteiger partial charge in [-0.1, -0.05) is 26.0 Å². The van der Waals surface area contributed by atoms with E-state index >= 15 is 0 Å². The molecule has 0 N–H and O–H groups in total. The number of ether oxygens (including phenoxy) is 1. The fraction of sp³-hybridized carbons (Fsp3) is 0.217. The minimum absolute atomic E-state index is 0.159. The van der Waals surface area contributed by atoms with Crippen molar-refractivity contribution in [2.45, 2.75) is 34.3 Å². The van der Waals surface area contributed by atoms with E-state index in [0.717, 1.165) is 17.7 Å². The second-order valence-corrected chi connectivity index (χ2v) is 7.09. The Morgan fingerprint density at radius 3 is 2.40 bits per heavy atom. The standard InChI is InChI=1S/C21H16BrF2NO3.C2H6/c1-12-3-4-14(10-26)8-18(12)25-13(2)7-19(20(22)21(25)27)28-11-15-5-6-16(23)9-17(15)24;1-2/h3-10H,11H2,1-2H3;1-2H3. The van der Waals surface area contributed by atoms with Crippen LogP contribution in [0.1, 0.15) is 41.0 Å². The van der Waals surface area contributed by atoms with Gasteiger partial charge in [-0.25, -0.2) is 8.78 Å². The number of aldehydes is 1. The number of carbonyl (C=O) groups is 1. The van der Waals surface area contributed by atoms with Crippen molar-refractivity contribution in [2.75, 3.05) is 0 Å². The number of rotatable bonds is 5. The van der Waals surface area contributed by atoms with Crippen molar-refractivity contribution >= 4 is 22.2 Å². The quantitative estimate of drug-likeness (QED) is 0.429. The van der Waals surface area contributed by atoms with Crippen LogP contribution in [-0.2, 0) is 6.61 Å². The molecule has 4 nitrogen and oxygen atoms in total. The smallest absolute Gasteiger partial charge is 0.273 e. The molecule has 0 saturated carbocycles. The Hall–Kier alpha value is -2.80. The Balaban J connectivity index is 0.00000155. The molecule has 0 amide bonds. The van der Waals surface area contributed by atoms with Crippen molar-refractivity contribution in [2.24, 2.45) is 0 Å². The Kier molecular flexibility index (Phi) is 8.06. The normalized spacial score (nSPS) is 10.2. The summed E-state index contributed by atoms with van der Waals surface area (Å²) in [5, 5.41) is 0. The molecule has 0 radical (unpaired) electrons. The van der Waals surface area contributed by atoms with Gasteiger partial charge in [0.15, 0.2) is 0 Å². The molecule has 1 heterocycles. The maximum Gasteiger partial charge on any atom is 0.273 e. The SMILES string of the molecule is CC.Cc1ccc(C=O)cc1-n1c(C)cc(OCc2ccc(F)cc2F)c(Br)c1=O. The minimum Gasteiger partial charge on any atom is -0.487 e. The van der Waals surface area contributed by atoms with E-state index in [9.17, 15) is 18.4 Å². The highest BCUT2D eigenvalue weighted by Gasteiger charge is 2.16. The van der Waals surface area contributed by atoms with Gasteiger partial charge in [-0.05, 0) is 53.5 Å². The third kappa shape index (κ3) is 5.02. The van der Waals surface area contributed by atoms with E-state index in [1.165, 1.54) is 10.6 Å². The predicted molar refractivity (Wildman–Crippen MR) is 117 cm³/mol. The van der Waals surface area contributed by atoms with Gasteiger partial charge in [0.1, 0.15) is 34.7 Å².